The Hall–Kier alpha value is -3.35. The van der Waals surface area contributed by atoms with Crippen molar-refractivity contribution in [2.75, 3.05) is 25.1 Å². The zero-order valence-corrected chi connectivity index (χ0v) is 15.7. The van der Waals surface area contributed by atoms with Gasteiger partial charge in [-0.15, -0.1) is 0 Å². The van der Waals surface area contributed by atoms with Crippen LogP contribution in [0.1, 0.15) is 24.6 Å². The fourth-order valence-corrected chi connectivity index (χ4v) is 3.76. The maximum atomic E-state index is 11.1. The lowest BCUT2D eigenvalue weighted by molar-refractivity contribution is -0.385. The van der Waals surface area contributed by atoms with Crippen LogP contribution in [0.3, 0.4) is 0 Å². The number of nitro groups is 1. The van der Waals surface area contributed by atoms with Crippen LogP contribution in [-0.4, -0.2) is 35.1 Å². The van der Waals surface area contributed by atoms with E-state index in [-0.39, 0.29) is 17.4 Å². The molecule has 0 spiro atoms. The Bertz CT molecular complexity index is 971. The maximum absolute atomic E-state index is 11.1. The lowest BCUT2D eigenvalue weighted by Gasteiger charge is -2.33. The summed E-state index contributed by atoms with van der Waals surface area (Å²) in [6.45, 7) is 1.71. The number of nitrogens with one attached hydrogen (secondary N) is 1. The Morgan fingerprint density at radius 2 is 2.07 bits per heavy atom. The third-order valence-electron chi connectivity index (χ3n) is 5.21. The number of imidazole rings is 1. The molecule has 0 amide bonds. The number of methoxy groups -OCH3 is 1. The summed E-state index contributed by atoms with van der Waals surface area (Å²) < 4.78 is 5.22. The number of ether oxygens (including phenoxy) is 1. The van der Waals surface area contributed by atoms with Crippen LogP contribution in [0.2, 0.25) is 0 Å². The summed E-state index contributed by atoms with van der Waals surface area (Å²) in [5.74, 6) is 1.55. The summed E-state index contributed by atoms with van der Waals surface area (Å²) in [5.41, 5.74) is 3.05. The van der Waals surface area contributed by atoms with Gasteiger partial charge in [-0.2, -0.15) is 0 Å². The number of hydrogen-bond acceptors (Lipinski definition) is 5. The SMILES string of the molecule is COc1cc(N2CCCC(c3ncc(-c4ccccc4)[nH]3)C2)ccc1[N+](=O)[O-]. The van der Waals surface area contributed by atoms with Crippen molar-refractivity contribution in [3.8, 4) is 17.0 Å². The minimum atomic E-state index is -0.421. The molecule has 7 heteroatoms. The van der Waals surface area contributed by atoms with Gasteiger partial charge in [0.15, 0.2) is 5.75 Å². The van der Waals surface area contributed by atoms with Crippen molar-refractivity contribution < 1.29 is 9.66 Å². The Balaban J connectivity index is 1.54. The predicted octanol–water partition coefficient (Wildman–Crippen LogP) is 4.38. The van der Waals surface area contributed by atoms with Crippen LogP contribution < -0.4 is 9.64 Å². The van der Waals surface area contributed by atoms with Gasteiger partial charge in [-0.05, 0) is 24.5 Å². The molecule has 1 N–H and O–H groups in total. The largest absolute Gasteiger partial charge is 0.490 e. The lowest BCUT2D eigenvalue weighted by atomic mass is 9.96. The summed E-state index contributed by atoms with van der Waals surface area (Å²) in [7, 11) is 1.46. The van der Waals surface area contributed by atoms with Gasteiger partial charge in [0.1, 0.15) is 5.82 Å². The molecule has 3 aromatic rings. The molecule has 0 radical (unpaired) electrons. The number of aromatic amines is 1. The number of aromatic nitrogens is 2. The van der Waals surface area contributed by atoms with Crippen molar-refractivity contribution in [3.05, 3.63) is 70.7 Å². The highest BCUT2D eigenvalue weighted by molar-refractivity contribution is 5.60. The van der Waals surface area contributed by atoms with E-state index in [4.69, 9.17) is 4.74 Å². The molecule has 1 aliphatic rings. The topological polar surface area (TPSA) is 84.3 Å². The number of piperidine rings is 1. The van der Waals surface area contributed by atoms with Gasteiger partial charge in [0.05, 0.1) is 23.9 Å². The number of hydrogen-bond donors (Lipinski definition) is 1. The second-order valence-corrected chi connectivity index (χ2v) is 6.95. The summed E-state index contributed by atoms with van der Waals surface area (Å²) in [5, 5.41) is 11.1. The average Bonchev–Trinajstić information content (AvgIpc) is 3.24. The Morgan fingerprint density at radius 3 is 2.82 bits per heavy atom. The molecule has 0 saturated carbocycles. The molecule has 4 rings (SSSR count). The van der Waals surface area contributed by atoms with Gasteiger partial charge in [-0.1, -0.05) is 30.3 Å². The van der Waals surface area contributed by atoms with Gasteiger partial charge < -0.3 is 14.6 Å². The minimum absolute atomic E-state index is 0.0154. The Labute approximate surface area is 163 Å². The van der Waals surface area contributed by atoms with Crippen molar-refractivity contribution in [3.63, 3.8) is 0 Å². The molecule has 144 valence electrons. The molecule has 2 aromatic carbocycles. The molecule has 1 fully saturated rings. The standard InChI is InChI=1S/C21H22N4O3/c1-28-20-12-17(9-10-19(20)25(26)27)24-11-5-8-16(14-24)21-22-13-18(23-21)15-6-3-2-4-7-15/h2-4,6-7,9-10,12-13,16H,5,8,11,14H2,1H3,(H,22,23). The molecule has 1 unspecified atom stereocenters. The summed E-state index contributed by atoms with van der Waals surface area (Å²) >= 11 is 0. The summed E-state index contributed by atoms with van der Waals surface area (Å²) in [6.07, 6.45) is 3.98. The molecule has 1 aromatic heterocycles. The van der Waals surface area contributed by atoms with Crippen molar-refractivity contribution in [1.29, 1.82) is 0 Å². The van der Waals surface area contributed by atoms with Gasteiger partial charge >= 0.3 is 5.69 Å². The molecule has 0 aliphatic carbocycles. The monoisotopic (exact) mass is 378 g/mol. The first-order valence-corrected chi connectivity index (χ1v) is 9.33. The smallest absolute Gasteiger partial charge is 0.311 e. The highest BCUT2D eigenvalue weighted by Crippen LogP contribution is 2.35. The highest BCUT2D eigenvalue weighted by atomic mass is 16.6. The van der Waals surface area contributed by atoms with Crippen LogP contribution in [0.15, 0.2) is 54.7 Å². The first-order valence-electron chi connectivity index (χ1n) is 9.33. The summed E-state index contributed by atoms with van der Waals surface area (Å²) in [4.78, 5) is 21.0. The van der Waals surface area contributed by atoms with Gasteiger partial charge in [-0.25, -0.2) is 4.98 Å². The van der Waals surface area contributed by atoms with Crippen molar-refractivity contribution in [2.45, 2.75) is 18.8 Å². The normalized spacial score (nSPS) is 16.8. The first kappa shape index (κ1) is 18.0. The fourth-order valence-electron chi connectivity index (χ4n) is 3.76. The molecule has 28 heavy (non-hydrogen) atoms. The minimum Gasteiger partial charge on any atom is -0.490 e. The van der Waals surface area contributed by atoms with E-state index in [9.17, 15) is 10.1 Å². The molecule has 2 heterocycles. The number of H-pyrrole nitrogens is 1. The fraction of sp³-hybridized carbons (Fsp3) is 0.286. The van der Waals surface area contributed by atoms with E-state index in [0.29, 0.717) is 0 Å². The zero-order chi connectivity index (χ0) is 19.5. The third kappa shape index (κ3) is 3.55. The van der Waals surface area contributed by atoms with E-state index < -0.39 is 4.92 Å². The number of benzene rings is 2. The quantitative estimate of drug-likeness (QED) is 0.526. The van der Waals surface area contributed by atoms with Crippen LogP contribution in [0, 0.1) is 10.1 Å². The molecule has 1 atom stereocenters. The summed E-state index contributed by atoms with van der Waals surface area (Å²) in [6, 6.07) is 15.2. The van der Waals surface area contributed by atoms with Gasteiger partial charge in [0, 0.05) is 36.8 Å². The first-order chi connectivity index (χ1) is 13.7. The second kappa shape index (κ2) is 7.72. The predicted molar refractivity (Wildman–Crippen MR) is 108 cm³/mol. The zero-order valence-electron chi connectivity index (χ0n) is 15.7. The van der Waals surface area contributed by atoms with Gasteiger partial charge in [0.2, 0.25) is 0 Å². The number of nitro benzene ring substituents is 1. The van der Waals surface area contributed by atoms with E-state index in [1.54, 1.807) is 12.1 Å². The van der Waals surface area contributed by atoms with Gasteiger partial charge in [-0.3, -0.25) is 10.1 Å². The second-order valence-electron chi connectivity index (χ2n) is 6.95. The Morgan fingerprint density at radius 1 is 1.25 bits per heavy atom. The number of rotatable bonds is 5. The van der Waals surface area contributed by atoms with E-state index >= 15 is 0 Å². The van der Waals surface area contributed by atoms with E-state index in [1.165, 1.54) is 13.2 Å². The highest BCUT2D eigenvalue weighted by Gasteiger charge is 2.25. The Kier molecular flexibility index (Phi) is 4.97. The van der Waals surface area contributed by atoms with Crippen molar-refractivity contribution in [2.24, 2.45) is 0 Å². The number of anilines is 1. The molecular weight excluding hydrogens is 356 g/mol. The lowest BCUT2D eigenvalue weighted by Crippen LogP contribution is -2.34. The van der Waals surface area contributed by atoms with Gasteiger partial charge in [0.25, 0.3) is 0 Å². The average molecular weight is 378 g/mol. The molecule has 0 bridgehead atoms. The number of nitrogens with zero attached hydrogens (tertiary/aromatic N) is 3. The van der Waals surface area contributed by atoms with Crippen LogP contribution in [0.4, 0.5) is 11.4 Å². The van der Waals surface area contributed by atoms with Crippen molar-refractivity contribution in [1.82, 2.24) is 9.97 Å². The molecular formula is C21H22N4O3. The van der Waals surface area contributed by atoms with Crippen LogP contribution in [0.5, 0.6) is 5.75 Å². The third-order valence-corrected chi connectivity index (χ3v) is 5.21. The molecule has 1 aliphatic heterocycles. The van der Waals surface area contributed by atoms with Crippen molar-refractivity contribution >= 4 is 11.4 Å². The van der Waals surface area contributed by atoms with Crippen LogP contribution in [0.25, 0.3) is 11.3 Å². The van der Waals surface area contributed by atoms with Crippen LogP contribution >= 0.6 is 0 Å². The van der Waals surface area contributed by atoms with E-state index in [1.807, 2.05) is 24.4 Å². The van der Waals surface area contributed by atoms with Crippen LogP contribution in [-0.2, 0) is 0 Å². The molecule has 1 saturated heterocycles. The molecule has 7 nitrogen and oxygen atoms in total. The van der Waals surface area contributed by atoms with E-state index in [2.05, 4.69) is 27.0 Å². The van der Waals surface area contributed by atoms with E-state index in [0.717, 1.165) is 48.7 Å². The maximum Gasteiger partial charge on any atom is 0.311 e.